The van der Waals surface area contributed by atoms with Gasteiger partial charge in [0, 0.05) is 19.3 Å². The van der Waals surface area contributed by atoms with Crippen molar-refractivity contribution in [1.29, 1.82) is 0 Å². The number of nitrogens with one attached hydrogen (secondary N) is 2. The number of hydrogen-bond acceptors (Lipinski definition) is 4. The fraction of sp³-hybridized carbons (Fsp3) is 0.455. The Balaban J connectivity index is 2.71. The van der Waals surface area contributed by atoms with Crippen molar-refractivity contribution in [3.05, 3.63) is 23.4 Å². The van der Waals surface area contributed by atoms with Gasteiger partial charge in [0.25, 0.3) is 5.91 Å². The number of carbonyl (C=O) groups excluding carboxylic acids is 1. The first-order valence-electron chi connectivity index (χ1n) is 5.36. The third-order valence-electron chi connectivity index (χ3n) is 2.25. The van der Waals surface area contributed by atoms with Crippen LogP contribution in [0.15, 0.2) is 12.3 Å². The highest BCUT2D eigenvalue weighted by Gasteiger charge is 2.11. The van der Waals surface area contributed by atoms with Gasteiger partial charge in [0.05, 0.1) is 5.56 Å². The van der Waals surface area contributed by atoms with E-state index in [4.69, 9.17) is 5.73 Å². The lowest BCUT2D eigenvalue weighted by Gasteiger charge is -2.10. The maximum Gasteiger partial charge on any atom is 0.252 e. The first kappa shape index (κ1) is 12.4. The van der Waals surface area contributed by atoms with Crippen LogP contribution < -0.4 is 16.4 Å². The van der Waals surface area contributed by atoms with Gasteiger partial charge in [-0.05, 0) is 25.1 Å². The van der Waals surface area contributed by atoms with E-state index in [2.05, 4.69) is 15.6 Å². The van der Waals surface area contributed by atoms with E-state index in [1.54, 1.807) is 12.3 Å². The summed E-state index contributed by atoms with van der Waals surface area (Å²) in [5.74, 6) is 0.113. The van der Waals surface area contributed by atoms with Crippen molar-refractivity contribution < 1.29 is 4.79 Å². The van der Waals surface area contributed by atoms with Gasteiger partial charge < -0.3 is 16.4 Å². The van der Waals surface area contributed by atoms with Crippen molar-refractivity contribution in [1.82, 2.24) is 10.3 Å². The maximum absolute atomic E-state index is 11.3. The number of likely N-dealkylation sites (N-methyl/N-ethyl adjacent to an activating group) is 1. The molecule has 5 nitrogen and oxygen atoms in total. The van der Waals surface area contributed by atoms with Crippen LogP contribution in [0.4, 0.5) is 5.82 Å². The number of aryl methyl sites for hydroxylation is 1. The van der Waals surface area contributed by atoms with Gasteiger partial charge in [-0.25, -0.2) is 4.98 Å². The van der Waals surface area contributed by atoms with Gasteiger partial charge >= 0.3 is 0 Å². The molecule has 1 aromatic heterocycles. The molecule has 1 heterocycles. The first-order valence-corrected chi connectivity index (χ1v) is 5.36. The van der Waals surface area contributed by atoms with Gasteiger partial charge in [0.15, 0.2) is 0 Å². The van der Waals surface area contributed by atoms with Gasteiger partial charge in [-0.1, -0.05) is 6.92 Å². The smallest absolute Gasteiger partial charge is 0.252 e. The summed E-state index contributed by atoms with van der Waals surface area (Å²) in [6.07, 6.45) is 1.66. The third-order valence-corrected chi connectivity index (χ3v) is 2.25. The van der Waals surface area contributed by atoms with Gasteiger partial charge in [-0.2, -0.15) is 0 Å². The Morgan fingerprint density at radius 3 is 2.88 bits per heavy atom. The van der Waals surface area contributed by atoms with E-state index >= 15 is 0 Å². The van der Waals surface area contributed by atoms with Crippen molar-refractivity contribution in [2.75, 3.05) is 25.0 Å². The SMILES string of the molecule is CCNCCNc1nccc(C)c1C(N)=O. The normalized spacial score (nSPS) is 10.1. The van der Waals surface area contributed by atoms with Gasteiger partial charge in [-0.15, -0.1) is 0 Å². The maximum atomic E-state index is 11.3. The summed E-state index contributed by atoms with van der Waals surface area (Å²) in [6, 6.07) is 1.77. The molecule has 1 aromatic rings. The number of pyridine rings is 1. The van der Waals surface area contributed by atoms with Gasteiger partial charge in [-0.3, -0.25) is 4.79 Å². The number of rotatable bonds is 6. The summed E-state index contributed by atoms with van der Waals surface area (Å²) < 4.78 is 0. The van der Waals surface area contributed by atoms with E-state index in [0.717, 1.165) is 18.7 Å². The van der Waals surface area contributed by atoms with Crippen LogP contribution in [0.2, 0.25) is 0 Å². The molecule has 4 N–H and O–H groups in total. The molecule has 1 amide bonds. The second kappa shape index (κ2) is 6.07. The van der Waals surface area contributed by atoms with Crippen molar-refractivity contribution in [3.63, 3.8) is 0 Å². The minimum Gasteiger partial charge on any atom is -0.368 e. The Kier molecular flexibility index (Phi) is 4.72. The molecular formula is C11H18N4O. The number of aromatic nitrogens is 1. The van der Waals surface area contributed by atoms with Crippen LogP contribution in [0.25, 0.3) is 0 Å². The molecular weight excluding hydrogens is 204 g/mol. The summed E-state index contributed by atoms with van der Waals surface area (Å²) in [4.78, 5) is 15.4. The average Bonchev–Trinajstić information content (AvgIpc) is 2.24. The van der Waals surface area contributed by atoms with Crippen LogP contribution in [0.3, 0.4) is 0 Å². The van der Waals surface area contributed by atoms with Crippen LogP contribution in [-0.4, -0.2) is 30.5 Å². The molecule has 0 aromatic carbocycles. The zero-order valence-corrected chi connectivity index (χ0v) is 9.71. The van der Waals surface area contributed by atoms with E-state index in [-0.39, 0.29) is 0 Å². The Bertz CT molecular complexity index is 365. The lowest BCUT2D eigenvalue weighted by atomic mass is 10.1. The second-order valence-electron chi connectivity index (χ2n) is 3.50. The fourth-order valence-electron chi connectivity index (χ4n) is 1.45. The number of hydrogen-bond donors (Lipinski definition) is 3. The van der Waals surface area contributed by atoms with Crippen molar-refractivity contribution in [2.24, 2.45) is 5.73 Å². The summed E-state index contributed by atoms with van der Waals surface area (Å²) in [6.45, 7) is 6.34. The van der Waals surface area contributed by atoms with Crippen molar-refractivity contribution >= 4 is 11.7 Å². The molecule has 0 fully saturated rings. The van der Waals surface area contributed by atoms with Crippen LogP contribution in [0.1, 0.15) is 22.8 Å². The molecule has 88 valence electrons. The molecule has 0 saturated heterocycles. The highest BCUT2D eigenvalue weighted by Crippen LogP contribution is 2.15. The summed E-state index contributed by atoms with van der Waals surface area (Å²) in [5.41, 5.74) is 6.62. The molecule has 1 rings (SSSR count). The lowest BCUT2D eigenvalue weighted by Crippen LogP contribution is -2.24. The molecule has 0 aliphatic rings. The van der Waals surface area contributed by atoms with Crippen molar-refractivity contribution in [2.45, 2.75) is 13.8 Å². The molecule has 0 aliphatic carbocycles. The quantitative estimate of drug-likeness (QED) is 0.613. The highest BCUT2D eigenvalue weighted by molar-refractivity contribution is 5.98. The Labute approximate surface area is 95.4 Å². The zero-order valence-electron chi connectivity index (χ0n) is 9.71. The highest BCUT2D eigenvalue weighted by atomic mass is 16.1. The monoisotopic (exact) mass is 222 g/mol. The summed E-state index contributed by atoms with van der Waals surface area (Å²) in [5, 5.41) is 6.27. The molecule has 5 heteroatoms. The largest absolute Gasteiger partial charge is 0.368 e. The number of nitrogens with two attached hydrogens (primary N) is 1. The lowest BCUT2D eigenvalue weighted by molar-refractivity contribution is 0.1000. The van der Waals surface area contributed by atoms with E-state index in [0.29, 0.717) is 17.9 Å². The van der Waals surface area contributed by atoms with Crippen LogP contribution >= 0.6 is 0 Å². The predicted octanol–water partition coefficient (Wildman–Crippen LogP) is 0.510. The topological polar surface area (TPSA) is 80.0 Å². The second-order valence-corrected chi connectivity index (χ2v) is 3.50. The van der Waals surface area contributed by atoms with E-state index in [1.807, 2.05) is 13.8 Å². The Hall–Kier alpha value is -1.62. The minimum absolute atomic E-state index is 0.448. The molecule has 0 unspecified atom stereocenters. The number of amides is 1. The molecule has 0 atom stereocenters. The van der Waals surface area contributed by atoms with E-state index in [9.17, 15) is 4.79 Å². The number of primary amides is 1. The van der Waals surface area contributed by atoms with Crippen LogP contribution in [0.5, 0.6) is 0 Å². The molecule has 0 radical (unpaired) electrons. The summed E-state index contributed by atoms with van der Waals surface area (Å²) in [7, 11) is 0. The van der Waals surface area contributed by atoms with Gasteiger partial charge in [0.1, 0.15) is 5.82 Å². The standard InChI is InChI=1S/C11H18N4O/c1-3-13-6-7-15-11-9(10(12)16)8(2)4-5-14-11/h4-5,13H,3,6-7H2,1-2H3,(H2,12,16)(H,14,15). The number of nitrogens with zero attached hydrogens (tertiary/aromatic N) is 1. The van der Waals surface area contributed by atoms with Crippen molar-refractivity contribution in [3.8, 4) is 0 Å². The first-order chi connectivity index (χ1) is 7.66. The average molecular weight is 222 g/mol. The molecule has 0 spiro atoms. The minimum atomic E-state index is -0.448. The zero-order chi connectivity index (χ0) is 12.0. The molecule has 0 bridgehead atoms. The Morgan fingerprint density at radius 1 is 1.50 bits per heavy atom. The van der Waals surface area contributed by atoms with E-state index in [1.165, 1.54) is 0 Å². The number of carbonyl (C=O) groups is 1. The van der Waals surface area contributed by atoms with Gasteiger partial charge in [0.2, 0.25) is 0 Å². The molecule has 16 heavy (non-hydrogen) atoms. The molecule has 0 aliphatic heterocycles. The van der Waals surface area contributed by atoms with E-state index < -0.39 is 5.91 Å². The summed E-state index contributed by atoms with van der Waals surface area (Å²) >= 11 is 0. The Morgan fingerprint density at radius 2 is 2.25 bits per heavy atom. The predicted molar refractivity (Wildman–Crippen MR) is 64.5 cm³/mol. The third kappa shape index (κ3) is 3.20. The van der Waals surface area contributed by atoms with Crippen LogP contribution in [-0.2, 0) is 0 Å². The molecule has 0 saturated carbocycles. The number of anilines is 1. The van der Waals surface area contributed by atoms with Crippen LogP contribution in [0, 0.1) is 6.92 Å². The fourth-order valence-corrected chi connectivity index (χ4v) is 1.45.